The Morgan fingerprint density at radius 3 is 2.65 bits per heavy atom. The van der Waals surface area contributed by atoms with Gasteiger partial charge < -0.3 is 10.5 Å². The van der Waals surface area contributed by atoms with E-state index in [1.54, 1.807) is 12.1 Å². The quantitative estimate of drug-likeness (QED) is 0.787. The van der Waals surface area contributed by atoms with Crippen LogP contribution in [0.1, 0.15) is 11.6 Å². The van der Waals surface area contributed by atoms with E-state index in [-0.39, 0.29) is 12.6 Å². The molecule has 0 radical (unpaired) electrons. The van der Waals surface area contributed by atoms with E-state index in [0.29, 0.717) is 16.9 Å². The molecule has 1 fully saturated rings. The average molecular weight is 276 g/mol. The minimum Gasteiger partial charge on any atom is -0.377 e. The summed E-state index contributed by atoms with van der Waals surface area (Å²) < 4.78 is 5.32. The van der Waals surface area contributed by atoms with Crippen LogP contribution in [0.5, 0.6) is 0 Å². The van der Waals surface area contributed by atoms with Crippen molar-refractivity contribution in [2.45, 2.75) is 12.1 Å². The van der Waals surface area contributed by atoms with Gasteiger partial charge in [0.25, 0.3) is 0 Å². The Bertz CT molecular complexity index is 421. The third kappa shape index (κ3) is 3.07. The molecule has 0 aromatic carbocycles. The van der Waals surface area contributed by atoms with Crippen LogP contribution in [0, 0.1) is 0 Å². The molecule has 1 aromatic heterocycles. The summed E-state index contributed by atoms with van der Waals surface area (Å²) in [7, 11) is 0. The van der Waals surface area contributed by atoms with Crippen LogP contribution < -0.4 is 11.1 Å². The smallest absolute Gasteiger partial charge is 0.236 e. The Kier molecular flexibility index (Phi) is 3.83. The van der Waals surface area contributed by atoms with E-state index >= 15 is 0 Å². The summed E-state index contributed by atoms with van der Waals surface area (Å²) in [5.41, 5.74) is 6.04. The number of rotatable bonds is 2. The maximum atomic E-state index is 11.1. The summed E-state index contributed by atoms with van der Waals surface area (Å²) >= 11 is 11.6. The fourth-order valence-electron chi connectivity index (χ4n) is 1.68. The highest BCUT2D eigenvalue weighted by molar-refractivity contribution is 6.32. The lowest BCUT2D eigenvalue weighted by Crippen LogP contribution is -2.50. The van der Waals surface area contributed by atoms with E-state index in [1.807, 2.05) is 0 Å². The summed E-state index contributed by atoms with van der Waals surface area (Å²) in [6, 6.07) is 2.69. The van der Waals surface area contributed by atoms with Crippen molar-refractivity contribution in [3.8, 4) is 0 Å². The van der Waals surface area contributed by atoms with E-state index in [0.717, 1.165) is 5.56 Å². The first-order valence-corrected chi connectivity index (χ1v) is 5.78. The number of nitrogens with one attached hydrogen (secondary N) is 1. The number of morpholine rings is 1. The zero-order valence-electron chi connectivity index (χ0n) is 8.82. The molecule has 0 bridgehead atoms. The second-order valence-electron chi connectivity index (χ2n) is 3.76. The molecule has 92 valence electrons. The fraction of sp³-hybridized carbons (Fsp3) is 0.400. The molecule has 1 aromatic rings. The van der Waals surface area contributed by atoms with Gasteiger partial charge in [0.1, 0.15) is 16.3 Å². The number of primary amides is 1. The van der Waals surface area contributed by atoms with Crippen molar-refractivity contribution < 1.29 is 9.53 Å². The Morgan fingerprint density at radius 1 is 1.41 bits per heavy atom. The molecule has 0 unspecified atom stereocenters. The highest BCUT2D eigenvalue weighted by Gasteiger charge is 2.26. The normalized spacial score (nSPS) is 24.6. The minimum atomic E-state index is -0.500. The molecule has 2 heterocycles. The summed E-state index contributed by atoms with van der Waals surface area (Å²) in [4.78, 5) is 14.9. The molecule has 1 aliphatic heterocycles. The van der Waals surface area contributed by atoms with Crippen molar-refractivity contribution >= 4 is 29.1 Å². The number of hydrogen-bond donors (Lipinski definition) is 2. The highest BCUT2D eigenvalue weighted by atomic mass is 35.5. The zero-order chi connectivity index (χ0) is 12.4. The van der Waals surface area contributed by atoms with Crippen LogP contribution in [-0.2, 0) is 9.53 Å². The van der Waals surface area contributed by atoms with Crippen molar-refractivity contribution in [2.24, 2.45) is 5.73 Å². The summed E-state index contributed by atoms with van der Waals surface area (Å²) in [6.07, 6.45) is 0. The van der Waals surface area contributed by atoms with Crippen molar-refractivity contribution in [1.82, 2.24) is 10.3 Å². The van der Waals surface area contributed by atoms with Gasteiger partial charge in [-0.2, -0.15) is 0 Å². The van der Waals surface area contributed by atoms with Gasteiger partial charge in [0.15, 0.2) is 0 Å². The molecule has 0 spiro atoms. The van der Waals surface area contributed by atoms with Crippen LogP contribution in [0.3, 0.4) is 0 Å². The first kappa shape index (κ1) is 12.6. The molecular weight excluding hydrogens is 265 g/mol. The largest absolute Gasteiger partial charge is 0.377 e. The lowest BCUT2D eigenvalue weighted by atomic mass is 10.1. The number of ether oxygens (including phenoxy) is 1. The molecule has 0 saturated carbocycles. The minimum absolute atomic E-state index is 0.167. The number of nitrogens with zero attached hydrogens (tertiary/aromatic N) is 1. The van der Waals surface area contributed by atoms with Gasteiger partial charge in [-0.15, -0.1) is 0 Å². The first-order chi connectivity index (χ1) is 8.06. The van der Waals surface area contributed by atoms with Crippen molar-refractivity contribution in [3.05, 3.63) is 28.0 Å². The number of nitrogens with two attached hydrogens (primary N) is 1. The van der Waals surface area contributed by atoms with Crippen LogP contribution >= 0.6 is 23.2 Å². The molecule has 0 aliphatic carbocycles. The third-order valence-electron chi connectivity index (χ3n) is 2.50. The third-order valence-corrected chi connectivity index (χ3v) is 2.89. The number of hydrogen-bond acceptors (Lipinski definition) is 4. The monoisotopic (exact) mass is 275 g/mol. The van der Waals surface area contributed by atoms with E-state index in [9.17, 15) is 4.79 Å². The number of carbonyl (C=O) groups is 1. The lowest BCUT2D eigenvalue weighted by molar-refractivity contribution is -0.123. The summed E-state index contributed by atoms with van der Waals surface area (Å²) in [5.74, 6) is -0.444. The SMILES string of the molecule is NC(=O)[C@@H]1COC[C@@H](c2cc(Cl)nc(Cl)c2)N1. The van der Waals surface area contributed by atoms with Gasteiger partial charge in [-0.05, 0) is 17.7 Å². The standard InChI is InChI=1S/C10H11Cl2N3O2/c11-8-1-5(2-9(12)15-8)6-3-17-4-7(14-6)10(13)16/h1-2,6-7,14H,3-4H2,(H2,13,16)/t6-,7-/m0/s1. The topological polar surface area (TPSA) is 77.2 Å². The predicted octanol–water partition coefficient (Wildman–Crippen LogP) is 0.903. The molecule has 2 atom stereocenters. The molecule has 3 N–H and O–H groups in total. The molecule has 1 saturated heterocycles. The first-order valence-electron chi connectivity index (χ1n) is 5.02. The Labute approximate surface area is 108 Å². The van der Waals surface area contributed by atoms with Crippen LogP contribution in [0.4, 0.5) is 0 Å². The van der Waals surface area contributed by atoms with Gasteiger partial charge in [-0.3, -0.25) is 10.1 Å². The number of pyridine rings is 1. The van der Waals surface area contributed by atoms with E-state index in [1.165, 1.54) is 0 Å². The number of aromatic nitrogens is 1. The molecular formula is C10H11Cl2N3O2. The van der Waals surface area contributed by atoms with Crippen molar-refractivity contribution in [2.75, 3.05) is 13.2 Å². The maximum absolute atomic E-state index is 11.1. The average Bonchev–Trinajstić information content (AvgIpc) is 2.28. The van der Waals surface area contributed by atoms with Gasteiger partial charge in [0, 0.05) is 0 Å². The highest BCUT2D eigenvalue weighted by Crippen LogP contribution is 2.23. The molecule has 7 heteroatoms. The molecule has 1 aliphatic rings. The van der Waals surface area contributed by atoms with Gasteiger partial charge in [0.2, 0.25) is 5.91 Å². The zero-order valence-corrected chi connectivity index (χ0v) is 10.3. The van der Waals surface area contributed by atoms with Crippen LogP contribution in [0.2, 0.25) is 10.3 Å². The van der Waals surface area contributed by atoms with Crippen molar-refractivity contribution in [3.63, 3.8) is 0 Å². The fourth-order valence-corrected chi connectivity index (χ4v) is 2.16. The maximum Gasteiger partial charge on any atom is 0.236 e. The van der Waals surface area contributed by atoms with E-state index < -0.39 is 11.9 Å². The molecule has 2 rings (SSSR count). The van der Waals surface area contributed by atoms with Crippen molar-refractivity contribution in [1.29, 1.82) is 0 Å². The second kappa shape index (κ2) is 5.18. The van der Waals surface area contributed by atoms with Crippen LogP contribution in [0.25, 0.3) is 0 Å². The van der Waals surface area contributed by atoms with Gasteiger partial charge in [-0.1, -0.05) is 23.2 Å². The van der Waals surface area contributed by atoms with E-state index in [2.05, 4.69) is 10.3 Å². The lowest BCUT2D eigenvalue weighted by Gasteiger charge is -2.29. The van der Waals surface area contributed by atoms with Gasteiger partial charge >= 0.3 is 0 Å². The second-order valence-corrected chi connectivity index (χ2v) is 4.53. The van der Waals surface area contributed by atoms with Gasteiger partial charge in [-0.25, -0.2) is 4.98 Å². The number of amides is 1. The molecule has 1 amide bonds. The summed E-state index contributed by atoms with van der Waals surface area (Å²) in [6.45, 7) is 0.707. The van der Waals surface area contributed by atoms with Crippen LogP contribution in [-0.4, -0.2) is 30.1 Å². The van der Waals surface area contributed by atoms with E-state index in [4.69, 9.17) is 33.7 Å². The number of halogens is 2. The number of carbonyl (C=O) groups excluding carboxylic acids is 1. The summed E-state index contributed by atoms with van der Waals surface area (Å²) in [5, 5.41) is 3.68. The Hall–Kier alpha value is -0.880. The Balaban J connectivity index is 2.18. The van der Waals surface area contributed by atoms with Gasteiger partial charge in [0.05, 0.1) is 19.3 Å². The molecule has 5 nitrogen and oxygen atoms in total. The predicted molar refractivity (Wildman–Crippen MR) is 63.9 cm³/mol. The molecule has 17 heavy (non-hydrogen) atoms. The van der Waals surface area contributed by atoms with Crippen LogP contribution in [0.15, 0.2) is 12.1 Å². The Morgan fingerprint density at radius 2 is 2.06 bits per heavy atom.